The first-order chi connectivity index (χ1) is 9.58. The summed E-state index contributed by atoms with van der Waals surface area (Å²) in [7, 11) is 0. The average molecular weight is 300 g/mol. The molecule has 2 fully saturated rings. The van der Waals surface area contributed by atoms with Crippen molar-refractivity contribution in [1.82, 2.24) is 9.80 Å². The highest BCUT2D eigenvalue weighted by molar-refractivity contribution is 7.99. The second-order valence-corrected chi connectivity index (χ2v) is 7.43. The van der Waals surface area contributed by atoms with Gasteiger partial charge in [0.15, 0.2) is 0 Å². The number of carboxylic acids is 1. The third kappa shape index (κ3) is 4.37. The maximum absolute atomic E-state index is 11.1. The van der Waals surface area contributed by atoms with Gasteiger partial charge >= 0.3 is 5.97 Å². The van der Waals surface area contributed by atoms with E-state index in [1.807, 2.05) is 11.8 Å². The van der Waals surface area contributed by atoms with Crippen LogP contribution >= 0.6 is 11.8 Å². The molecule has 1 N–H and O–H groups in total. The summed E-state index contributed by atoms with van der Waals surface area (Å²) in [4.78, 5) is 16.1. The van der Waals surface area contributed by atoms with Crippen LogP contribution in [-0.2, 0) is 4.79 Å². The third-order valence-corrected chi connectivity index (χ3v) is 5.71. The van der Waals surface area contributed by atoms with Crippen LogP contribution in [0.25, 0.3) is 0 Å². The van der Waals surface area contributed by atoms with Crippen molar-refractivity contribution in [3.05, 3.63) is 0 Å². The average Bonchev–Trinajstić information content (AvgIpc) is 2.64. The van der Waals surface area contributed by atoms with Gasteiger partial charge in [-0.2, -0.15) is 11.8 Å². The van der Waals surface area contributed by atoms with E-state index in [0.29, 0.717) is 18.5 Å². The van der Waals surface area contributed by atoms with Crippen LogP contribution in [0.2, 0.25) is 0 Å². The number of rotatable bonds is 4. The molecule has 2 aliphatic rings. The van der Waals surface area contributed by atoms with Gasteiger partial charge in [0.05, 0.1) is 6.42 Å². The standard InChI is InChI=1S/C15H28N2O2S/c1-12(2)16-6-3-4-13(5-7-16)17-8-9-20-11-14(17)10-15(18)19/h12-14H,3-11H2,1-2H3,(H,18,19). The Bertz CT molecular complexity index is 325. The van der Waals surface area contributed by atoms with Gasteiger partial charge in [-0.3, -0.25) is 9.69 Å². The molecule has 2 saturated heterocycles. The predicted octanol–water partition coefficient (Wildman–Crippen LogP) is 2.14. The van der Waals surface area contributed by atoms with E-state index in [0.717, 1.165) is 24.6 Å². The molecule has 0 spiro atoms. The highest BCUT2D eigenvalue weighted by Crippen LogP contribution is 2.26. The van der Waals surface area contributed by atoms with Gasteiger partial charge in [-0.25, -0.2) is 0 Å². The van der Waals surface area contributed by atoms with Crippen LogP contribution in [0.15, 0.2) is 0 Å². The molecule has 0 saturated carbocycles. The normalized spacial score (nSPS) is 30.4. The van der Waals surface area contributed by atoms with Crippen molar-refractivity contribution in [3.8, 4) is 0 Å². The van der Waals surface area contributed by atoms with E-state index in [-0.39, 0.29) is 6.04 Å². The monoisotopic (exact) mass is 300 g/mol. The van der Waals surface area contributed by atoms with Crippen molar-refractivity contribution < 1.29 is 9.90 Å². The Morgan fingerprint density at radius 2 is 2.10 bits per heavy atom. The zero-order chi connectivity index (χ0) is 14.5. The quantitative estimate of drug-likeness (QED) is 0.862. The molecule has 5 heteroatoms. The maximum Gasteiger partial charge on any atom is 0.304 e. The highest BCUT2D eigenvalue weighted by Gasteiger charge is 2.31. The summed E-state index contributed by atoms with van der Waals surface area (Å²) < 4.78 is 0. The van der Waals surface area contributed by atoms with Crippen LogP contribution in [0.3, 0.4) is 0 Å². The van der Waals surface area contributed by atoms with Crippen LogP contribution < -0.4 is 0 Å². The van der Waals surface area contributed by atoms with E-state index in [4.69, 9.17) is 5.11 Å². The number of aliphatic carboxylic acids is 1. The third-order valence-electron chi connectivity index (χ3n) is 4.61. The van der Waals surface area contributed by atoms with Crippen LogP contribution in [0.1, 0.15) is 39.5 Å². The van der Waals surface area contributed by atoms with Gasteiger partial charge in [0.2, 0.25) is 0 Å². The van der Waals surface area contributed by atoms with Crippen molar-refractivity contribution in [2.24, 2.45) is 0 Å². The molecule has 2 heterocycles. The van der Waals surface area contributed by atoms with E-state index in [2.05, 4.69) is 23.6 Å². The Morgan fingerprint density at radius 1 is 1.30 bits per heavy atom. The van der Waals surface area contributed by atoms with Crippen molar-refractivity contribution in [3.63, 3.8) is 0 Å². The fourth-order valence-corrected chi connectivity index (χ4v) is 4.56. The lowest BCUT2D eigenvalue weighted by atomic mass is 10.0. The van der Waals surface area contributed by atoms with Crippen molar-refractivity contribution in [2.45, 2.75) is 57.7 Å². The lowest BCUT2D eigenvalue weighted by molar-refractivity contribution is -0.138. The smallest absolute Gasteiger partial charge is 0.304 e. The fourth-order valence-electron chi connectivity index (χ4n) is 3.48. The molecule has 0 radical (unpaired) electrons. The molecule has 2 atom stereocenters. The summed E-state index contributed by atoms with van der Waals surface area (Å²) in [5.41, 5.74) is 0. The molecule has 0 aliphatic carbocycles. The zero-order valence-electron chi connectivity index (χ0n) is 12.8. The van der Waals surface area contributed by atoms with Crippen LogP contribution in [0.5, 0.6) is 0 Å². The van der Waals surface area contributed by atoms with E-state index in [1.54, 1.807) is 0 Å². The lowest BCUT2D eigenvalue weighted by Crippen LogP contribution is -2.49. The summed E-state index contributed by atoms with van der Waals surface area (Å²) >= 11 is 1.91. The van der Waals surface area contributed by atoms with Crippen molar-refractivity contribution in [1.29, 1.82) is 0 Å². The zero-order valence-corrected chi connectivity index (χ0v) is 13.6. The van der Waals surface area contributed by atoms with Gasteiger partial charge in [0, 0.05) is 36.2 Å². The van der Waals surface area contributed by atoms with Gasteiger partial charge < -0.3 is 10.0 Å². The topological polar surface area (TPSA) is 43.8 Å². The molecule has 0 aromatic rings. The Labute approximate surface area is 126 Å². The van der Waals surface area contributed by atoms with Gasteiger partial charge in [-0.15, -0.1) is 0 Å². The summed E-state index contributed by atoms with van der Waals surface area (Å²) in [6, 6.07) is 1.45. The second kappa shape index (κ2) is 7.66. The number of thioether (sulfide) groups is 1. The van der Waals surface area contributed by atoms with Crippen molar-refractivity contribution >= 4 is 17.7 Å². The first-order valence-corrected chi connectivity index (χ1v) is 9.02. The minimum atomic E-state index is -0.653. The summed E-state index contributed by atoms with van der Waals surface area (Å²) in [5, 5.41) is 9.11. The van der Waals surface area contributed by atoms with Gasteiger partial charge in [-0.1, -0.05) is 0 Å². The van der Waals surface area contributed by atoms with E-state index < -0.39 is 5.97 Å². The lowest BCUT2D eigenvalue weighted by Gasteiger charge is -2.40. The maximum atomic E-state index is 11.1. The molecule has 2 aliphatic heterocycles. The molecule has 0 amide bonds. The van der Waals surface area contributed by atoms with E-state index in [1.165, 1.54) is 25.8 Å². The molecular formula is C15H28N2O2S. The number of nitrogens with zero attached hydrogens (tertiary/aromatic N) is 2. The minimum Gasteiger partial charge on any atom is -0.481 e. The summed E-state index contributed by atoms with van der Waals surface area (Å²) in [6.07, 6.45) is 3.96. The molecule has 2 unspecified atom stereocenters. The van der Waals surface area contributed by atoms with Crippen LogP contribution in [-0.4, -0.2) is 70.1 Å². The highest BCUT2D eigenvalue weighted by atomic mass is 32.2. The summed E-state index contributed by atoms with van der Waals surface area (Å²) in [6.45, 7) is 7.96. The van der Waals surface area contributed by atoms with Crippen molar-refractivity contribution in [2.75, 3.05) is 31.1 Å². The minimum absolute atomic E-state index is 0.238. The summed E-state index contributed by atoms with van der Waals surface area (Å²) in [5.74, 6) is 1.48. The SMILES string of the molecule is CC(C)N1CCCC(N2CCSCC2CC(=O)O)CC1. The molecule has 20 heavy (non-hydrogen) atoms. The molecule has 0 aromatic carbocycles. The first kappa shape index (κ1) is 16.1. The number of likely N-dealkylation sites (tertiary alicyclic amines) is 1. The van der Waals surface area contributed by atoms with E-state index in [9.17, 15) is 4.79 Å². The van der Waals surface area contributed by atoms with Crippen LogP contribution in [0.4, 0.5) is 0 Å². The Morgan fingerprint density at radius 3 is 2.80 bits per heavy atom. The van der Waals surface area contributed by atoms with Gasteiger partial charge in [0.1, 0.15) is 0 Å². The Hall–Kier alpha value is -0.260. The Balaban J connectivity index is 1.95. The predicted molar refractivity (Wildman–Crippen MR) is 84.4 cm³/mol. The first-order valence-electron chi connectivity index (χ1n) is 7.87. The largest absolute Gasteiger partial charge is 0.481 e. The molecule has 4 nitrogen and oxygen atoms in total. The molecule has 116 valence electrons. The van der Waals surface area contributed by atoms with Gasteiger partial charge in [0.25, 0.3) is 0 Å². The molecular weight excluding hydrogens is 272 g/mol. The number of hydrogen-bond donors (Lipinski definition) is 1. The van der Waals surface area contributed by atoms with Gasteiger partial charge in [-0.05, 0) is 46.2 Å². The van der Waals surface area contributed by atoms with E-state index >= 15 is 0 Å². The Kier molecular flexibility index (Phi) is 6.18. The number of carboxylic acid groups (broad SMARTS) is 1. The van der Waals surface area contributed by atoms with Crippen LogP contribution in [0, 0.1) is 0 Å². The molecule has 2 rings (SSSR count). The second-order valence-electron chi connectivity index (χ2n) is 6.28. The fraction of sp³-hybridized carbons (Fsp3) is 0.933. The molecule has 0 bridgehead atoms. The number of hydrogen-bond acceptors (Lipinski definition) is 4. The number of carbonyl (C=O) groups is 1. The molecule has 0 aromatic heterocycles.